The van der Waals surface area contributed by atoms with Gasteiger partial charge in [0, 0.05) is 44.1 Å². The maximum Gasteiger partial charge on any atom is 0.303 e. The highest BCUT2D eigenvalue weighted by atomic mass is 16.7. The lowest BCUT2D eigenvalue weighted by atomic mass is 9.98. The number of hydrogen-bond donors (Lipinski definition) is 3. The predicted molar refractivity (Wildman–Crippen MR) is 173 cm³/mol. The summed E-state index contributed by atoms with van der Waals surface area (Å²) in [7, 11) is 0. The zero-order chi connectivity index (χ0) is 31.6. The van der Waals surface area contributed by atoms with Crippen LogP contribution in [0.25, 0.3) is 11.1 Å². The van der Waals surface area contributed by atoms with Crippen molar-refractivity contribution in [1.82, 2.24) is 10.2 Å². The van der Waals surface area contributed by atoms with E-state index in [2.05, 4.69) is 22.9 Å². The molecule has 3 aromatic rings. The fraction of sp³-hybridized carbons (Fsp3) is 0.405. The summed E-state index contributed by atoms with van der Waals surface area (Å²) in [5.74, 6) is -1.27. The first-order valence-electron chi connectivity index (χ1n) is 15.9. The van der Waals surface area contributed by atoms with E-state index in [1.807, 2.05) is 72.8 Å². The smallest absolute Gasteiger partial charge is 0.303 e. The average molecular weight is 613 g/mol. The van der Waals surface area contributed by atoms with Crippen molar-refractivity contribution in [3.05, 3.63) is 108 Å². The molecule has 0 bridgehead atoms. The van der Waals surface area contributed by atoms with E-state index in [0.717, 1.165) is 52.9 Å². The van der Waals surface area contributed by atoms with Gasteiger partial charge in [-0.3, -0.25) is 14.5 Å². The van der Waals surface area contributed by atoms with Crippen LogP contribution in [0.2, 0.25) is 0 Å². The maximum atomic E-state index is 12.0. The number of nitrogens with zero attached hydrogens (tertiary/aromatic N) is 1. The Kier molecular flexibility index (Phi) is 11.5. The highest BCUT2D eigenvalue weighted by molar-refractivity contribution is 5.80. The van der Waals surface area contributed by atoms with Crippen LogP contribution in [0.3, 0.4) is 0 Å². The number of aliphatic carboxylic acids is 1. The van der Waals surface area contributed by atoms with Crippen molar-refractivity contribution >= 4 is 11.9 Å². The van der Waals surface area contributed by atoms with Crippen molar-refractivity contribution in [2.24, 2.45) is 0 Å². The number of hydrogen-bond acceptors (Lipinski definition) is 6. The minimum atomic E-state index is -0.988. The van der Waals surface area contributed by atoms with Crippen LogP contribution in [0, 0.1) is 0 Å². The molecular weight excluding hydrogens is 568 g/mol. The van der Waals surface area contributed by atoms with Crippen LogP contribution >= 0.6 is 0 Å². The van der Waals surface area contributed by atoms with E-state index in [0.29, 0.717) is 12.6 Å². The van der Waals surface area contributed by atoms with Crippen LogP contribution in [0.1, 0.15) is 79.6 Å². The van der Waals surface area contributed by atoms with Gasteiger partial charge in [0.05, 0.1) is 25.2 Å². The molecule has 0 spiro atoms. The molecule has 1 aliphatic heterocycles. The molecule has 0 aromatic heterocycles. The summed E-state index contributed by atoms with van der Waals surface area (Å²) >= 11 is 0. The molecular formula is C37H44N2O6. The SMILES string of the molecule is C=CCN(C[C@@H]1C[C@H](c2ccc(CO)cc2)O[C@H](c2cccc(-c3cccc(CNC(=O)CCC(=O)O)c3)c2)O1)C1CCCC1. The van der Waals surface area contributed by atoms with E-state index < -0.39 is 12.3 Å². The van der Waals surface area contributed by atoms with Gasteiger partial charge in [-0.05, 0) is 52.8 Å². The topological polar surface area (TPSA) is 108 Å². The molecule has 238 valence electrons. The summed E-state index contributed by atoms with van der Waals surface area (Å²) in [5, 5.41) is 21.2. The number of ether oxygens (including phenoxy) is 2. The first-order chi connectivity index (χ1) is 21.9. The minimum Gasteiger partial charge on any atom is -0.481 e. The van der Waals surface area contributed by atoms with Gasteiger partial charge in [-0.1, -0.05) is 79.6 Å². The zero-order valence-corrected chi connectivity index (χ0v) is 25.8. The van der Waals surface area contributed by atoms with Crippen molar-refractivity contribution in [3.8, 4) is 11.1 Å². The van der Waals surface area contributed by atoms with E-state index in [1.54, 1.807) is 0 Å². The molecule has 3 aromatic carbocycles. The van der Waals surface area contributed by atoms with Gasteiger partial charge in [0.15, 0.2) is 6.29 Å². The minimum absolute atomic E-state index is 0.00313. The monoisotopic (exact) mass is 612 g/mol. The molecule has 2 fully saturated rings. The van der Waals surface area contributed by atoms with E-state index in [4.69, 9.17) is 14.6 Å². The number of rotatable bonds is 14. The van der Waals surface area contributed by atoms with Gasteiger partial charge in [-0.25, -0.2) is 0 Å². The quantitative estimate of drug-likeness (QED) is 0.183. The van der Waals surface area contributed by atoms with E-state index in [9.17, 15) is 14.7 Å². The lowest BCUT2D eigenvalue weighted by Gasteiger charge is -2.39. The molecule has 8 heteroatoms. The Morgan fingerprint density at radius 3 is 2.36 bits per heavy atom. The summed E-state index contributed by atoms with van der Waals surface area (Å²) in [4.78, 5) is 25.3. The van der Waals surface area contributed by atoms with Gasteiger partial charge in [-0.2, -0.15) is 0 Å². The summed E-state index contributed by atoms with van der Waals surface area (Å²) in [6.45, 7) is 5.98. The van der Waals surface area contributed by atoms with Crippen LogP contribution in [0.15, 0.2) is 85.5 Å². The second-order valence-corrected chi connectivity index (χ2v) is 12.0. The van der Waals surface area contributed by atoms with Gasteiger partial charge in [0.25, 0.3) is 0 Å². The molecule has 1 saturated heterocycles. The Hall–Kier alpha value is -3.82. The van der Waals surface area contributed by atoms with Crippen molar-refractivity contribution in [2.75, 3.05) is 13.1 Å². The zero-order valence-electron chi connectivity index (χ0n) is 25.8. The Morgan fingerprint density at radius 1 is 0.911 bits per heavy atom. The van der Waals surface area contributed by atoms with Crippen molar-refractivity contribution in [3.63, 3.8) is 0 Å². The number of aliphatic hydroxyl groups is 1. The first kappa shape index (κ1) is 32.6. The maximum absolute atomic E-state index is 12.0. The van der Waals surface area contributed by atoms with Crippen LogP contribution in [0.4, 0.5) is 0 Å². The summed E-state index contributed by atoms with van der Waals surface area (Å²) in [6.07, 6.45) is 6.67. The molecule has 45 heavy (non-hydrogen) atoms. The van der Waals surface area contributed by atoms with Crippen LogP contribution < -0.4 is 5.32 Å². The number of amides is 1. The first-order valence-corrected chi connectivity index (χ1v) is 15.9. The van der Waals surface area contributed by atoms with Crippen molar-refractivity contribution in [1.29, 1.82) is 0 Å². The Balaban J connectivity index is 1.35. The number of carboxylic acid groups (broad SMARTS) is 1. The number of carbonyl (C=O) groups excluding carboxylic acids is 1. The molecule has 1 heterocycles. The van der Waals surface area contributed by atoms with Gasteiger partial charge in [0.1, 0.15) is 0 Å². The Bertz CT molecular complexity index is 1430. The second-order valence-electron chi connectivity index (χ2n) is 12.0. The van der Waals surface area contributed by atoms with E-state index in [1.165, 1.54) is 25.7 Å². The largest absolute Gasteiger partial charge is 0.481 e. The fourth-order valence-corrected chi connectivity index (χ4v) is 6.34. The Labute approximate surface area is 265 Å². The highest BCUT2D eigenvalue weighted by Gasteiger charge is 2.34. The molecule has 1 amide bonds. The van der Waals surface area contributed by atoms with Crippen LogP contribution in [0.5, 0.6) is 0 Å². The third kappa shape index (κ3) is 9.11. The number of benzene rings is 3. The molecule has 1 aliphatic carbocycles. The standard InChI is InChI=1S/C37H44N2O6/c1-2-19-39(32-11-3-4-12-32)24-33-22-34(28-15-13-26(25-40)14-16-28)45-37(44-33)31-10-6-9-30(21-31)29-8-5-7-27(20-29)23-38-35(41)17-18-36(42)43/h2,5-10,13-16,20-21,32-34,37,40H,1,3-4,11-12,17-19,22-25H2,(H,38,41)(H,42,43)/t33-,34+,37+/m0/s1. The van der Waals surface area contributed by atoms with Gasteiger partial charge in [-0.15, -0.1) is 6.58 Å². The molecule has 1 saturated carbocycles. The predicted octanol–water partition coefficient (Wildman–Crippen LogP) is 6.30. The summed E-state index contributed by atoms with van der Waals surface area (Å²) in [5.41, 5.74) is 5.79. The number of nitrogens with one attached hydrogen (secondary N) is 1. The highest BCUT2D eigenvalue weighted by Crippen LogP contribution is 2.39. The average Bonchev–Trinajstić information content (AvgIpc) is 3.62. The number of carboxylic acids is 1. The van der Waals surface area contributed by atoms with Crippen LogP contribution in [-0.4, -0.2) is 52.2 Å². The lowest BCUT2D eigenvalue weighted by molar-refractivity contribution is -0.253. The van der Waals surface area contributed by atoms with Gasteiger partial charge < -0.3 is 25.0 Å². The summed E-state index contributed by atoms with van der Waals surface area (Å²) in [6, 6.07) is 24.7. The second kappa shape index (κ2) is 16.0. The Morgan fingerprint density at radius 2 is 1.64 bits per heavy atom. The van der Waals surface area contributed by atoms with E-state index in [-0.39, 0.29) is 37.6 Å². The van der Waals surface area contributed by atoms with Crippen molar-refractivity contribution in [2.45, 2.75) is 82.6 Å². The van der Waals surface area contributed by atoms with Crippen molar-refractivity contribution < 1.29 is 29.3 Å². The number of carbonyl (C=O) groups is 2. The normalized spacial score (nSPS) is 20.3. The van der Waals surface area contributed by atoms with E-state index >= 15 is 0 Å². The third-order valence-electron chi connectivity index (χ3n) is 8.73. The summed E-state index contributed by atoms with van der Waals surface area (Å²) < 4.78 is 13.3. The molecule has 3 atom stereocenters. The fourth-order valence-electron chi connectivity index (χ4n) is 6.34. The van der Waals surface area contributed by atoms with Gasteiger partial charge >= 0.3 is 5.97 Å². The molecule has 8 nitrogen and oxygen atoms in total. The lowest BCUT2D eigenvalue weighted by Crippen LogP contribution is -2.43. The number of aliphatic hydroxyl groups excluding tert-OH is 1. The third-order valence-corrected chi connectivity index (χ3v) is 8.73. The van der Waals surface area contributed by atoms with Crippen LogP contribution in [-0.2, 0) is 32.2 Å². The molecule has 0 radical (unpaired) electrons. The molecule has 3 N–H and O–H groups in total. The molecule has 0 unspecified atom stereocenters. The molecule has 2 aliphatic rings. The van der Waals surface area contributed by atoms with Gasteiger partial charge in [0.2, 0.25) is 5.91 Å². The molecule has 5 rings (SSSR count).